The van der Waals surface area contributed by atoms with Crippen LogP contribution in [0, 0.1) is 20.8 Å². The monoisotopic (exact) mass is 347 g/mol. The van der Waals surface area contributed by atoms with Gasteiger partial charge in [-0.2, -0.15) is 13.2 Å². The van der Waals surface area contributed by atoms with Crippen LogP contribution in [-0.2, 0) is 28.8 Å². The minimum atomic E-state index is -4.76. The van der Waals surface area contributed by atoms with E-state index < -0.39 is 32.7 Å². The Morgan fingerprint density at radius 2 is 1.74 bits per heavy atom. The smallest absolute Gasteiger partial charge is 0.297 e. The molecule has 1 aromatic carbocycles. The highest BCUT2D eigenvalue weighted by Crippen LogP contribution is 2.29. The largest absolute Gasteiger partial charge is 0.451 e. The molecule has 1 heterocycles. The lowest BCUT2D eigenvalue weighted by atomic mass is 10.0. The van der Waals surface area contributed by atoms with E-state index in [0.717, 1.165) is 23.7 Å². The van der Waals surface area contributed by atoms with E-state index in [0.29, 0.717) is 10.1 Å². The van der Waals surface area contributed by atoms with Gasteiger partial charge in [0.05, 0.1) is 5.75 Å². The molecule has 0 atom stereocenters. The maximum Gasteiger partial charge on any atom is 0.451 e. The maximum absolute atomic E-state index is 12.7. The van der Waals surface area contributed by atoms with Crippen molar-refractivity contribution in [3.63, 3.8) is 0 Å². The molecule has 0 amide bonds. The Labute approximate surface area is 132 Å². The number of rotatable bonds is 3. The number of alkyl halides is 3. The number of hydrogen-bond acceptors (Lipinski definition) is 4. The Morgan fingerprint density at radius 3 is 2.26 bits per heavy atom. The number of benzene rings is 1. The first-order valence-corrected chi connectivity index (χ1v) is 8.35. The van der Waals surface area contributed by atoms with E-state index in [-0.39, 0.29) is 0 Å². The normalized spacial score (nSPS) is 12.7. The molecule has 9 heteroatoms. The molecule has 0 fully saturated rings. The third kappa shape index (κ3) is 3.39. The third-order valence-corrected chi connectivity index (χ3v) is 5.23. The van der Waals surface area contributed by atoms with Crippen molar-refractivity contribution in [1.82, 2.24) is 14.8 Å². The van der Waals surface area contributed by atoms with Crippen LogP contribution in [0.25, 0.3) is 0 Å². The van der Waals surface area contributed by atoms with Crippen molar-refractivity contribution in [2.75, 3.05) is 0 Å². The summed E-state index contributed by atoms with van der Waals surface area (Å²) in [5, 5.41) is 5.50. The van der Waals surface area contributed by atoms with Crippen LogP contribution < -0.4 is 0 Å². The van der Waals surface area contributed by atoms with Gasteiger partial charge in [0.25, 0.3) is 0 Å². The van der Waals surface area contributed by atoms with E-state index in [1.54, 1.807) is 13.0 Å². The lowest BCUT2D eigenvalue weighted by Crippen LogP contribution is -2.17. The van der Waals surface area contributed by atoms with E-state index in [2.05, 4.69) is 10.2 Å². The number of aryl methyl sites for hydroxylation is 2. The summed E-state index contributed by atoms with van der Waals surface area (Å²) in [6.07, 6.45) is -4.76. The van der Waals surface area contributed by atoms with Gasteiger partial charge in [-0.1, -0.05) is 17.7 Å². The number of aromatic nitrogens is 3. The van der Waals surface area contributed by atoms with Crippen LogP contribution in [0.1, 0.15) is 28.1 Å². The minimum absolute atomic E-state index is 0.425. The quantitative estimate of drug-likeness (QED) is 0.856. The average Bonchev–Trinajstić information content (AvgIpc) is 2.77. The summed E-state index contributed by atoms with van der Waals surface area (Å²) in [4.78, 5) is 0. The summed E-state index contributed by atoms with van der Waals surface area (Å²) in [6, 6.07) is 3.62. The predicted octanol–water partition coefficient (Wildman–Crippen LogP) is 2.73. The molecule has 0 aliphatic carbocycles. The summed E-state index contributed by atoms with van der Waals surface area (Å²) >= 11 is 0. The number of hydrogen-bond donors (Lipinski definition) is 0. The fourth-order valence-corrected chi connectivity index (χ4v) is 3.89. The Kier molecular flexibility index (Phi) is 4.27. The molecular weight excluding hydrogens is 331 g/mol. The number of nitrogens with zero attached hydrogens (tertiary/aromatic N) is 3. The van der Waals surface area contributed by atoms with Gasteiger partial charge in [0.15, 0.2) is 0 Å². The van der Waals surface area contributed by atoms with Gasteiger partial charge in [-0.25, -0.2) is 8.42 Å². The lowest BCUT2D eigenvalue weighted by Gasteiger charge is -2.11. The van der Waals surface area contributed by atoms with E-state index in [9.17, 15) is 21.6 Å². The number of halogens is 3. The van der Waals surface area contributed by atoms with E-state index in [4.69, 9.17) is 0 Å². The van der Waals surface area contributed by atoms with Gasteiger partial charge in [-0.15, -0.1) is 10.2 Å². The van der Waals surface area contributed by atoms with Gasteiger partial charge in [0.1, 0.15) is 0 Å². The van der Waals surface area contributed by atoms with E-state index in [1.807, 2.05) is 19.9 Å². The molecule has 2 aromatic rings. The second kappa shape index (κ2) is 5.63. The maximum atomic E-state index is 12.7. The second-order valence-electron chi connectivity index (χ2n) is 5.49. The third-order valence-electron chi connectivity index (χ3n) is 3.63. The lowest BCUT2D eigenvalue weighted by molar-refractivity contribution is -0.147. The molecule has 0 spiro atoms. The minimum Gasteiger partial charge on any atom is -0.297 e. The van der Waals surface area contributed by atoms with Crippen LogP contribution in [0.4, 0.5) is 13.2 Å². The average molecular weight is 347 g/mol. The highest BCUT2D eigenvalue weighted by atomic mass is 32.2. The van der Waals surface area contributed by atoms with Crippen molar-refractivity contribution < 1.29 is 21.6 Å². The molecule has 0 aliphatic heterocycles. The molecule has 23 heavy (non-hydrogen) atoms. The zero-order valence-corrected chi connectivity index (χ0v) is 13.9. The first-order chi connectivity index (χ1) is 10.4. The zero-order chi connectivity index (χ0) is 17.6. The second-order valence-corrected chi connectivity index (χ2v) is 7.37. The SMILES string of the molecule is Cc1cc(C)c(C)c(CS(=O)(=O)c2nnc(C(F)(F)F)n2C)c1. The van der Waals surface area contributed by atoms with Crippen molar-refractivity contribution in [2.24, 2.45) is 7.05 Å². The van der Waals surface area contributed by atoms with Gasteiger partial charge in [-0.05, 0) is 37.5 Å². The first-order valence-electron chi connectivity index (χ1n) is 6.69. The Bertz CT molecular complexity index is 855. The predicted molar refractivity (Wildman–Crippen MR) is 77.5 cm³/mol. The molecule has 0 N–H and O–H groups in total. The van der Waals surface area contributed by atoms with Crippen molar-refractivity contribution in [3.05, 3.63) is 40.2 Å². The molecule has 1 aromatic heterocycles. The van der Waals surface area contributed by atoms with Crippen molar-refractivity contribution in [1.29, 1.82) is 0 Å². The molecular formula is C14H16F3N3O2S. The molecule has 126 valence electrons. The molecule has 0 saturated heterocycles. The van der Waals surface area contributed by atoms with Crippen molar-refractivity contribution >= 4 is 9.84 Å². The Balaban J connectivity index is 2.47. The zero-order valence-electron chi connectivity index (χ0n) is 13.1. The molecule has 5 nitrogen and oxygen atoms in total. The summed E-state index contributed by atoms with van der Waals surface area (Å²) in [6.45, 7) is 5.45. The van der Waals surface area contributed by atoms with Gasteiger partial charge in [0.2, 0.25) is 20.8 Å². The summed E-state index contributed by atoms with van der Waals surface area (Å²) in [5.41, 5.74) is 3.13. The van der Waals surface area contributed by atoms with Crippen molar-refractivity contribution in [2.45, 2.75) is 37.9 Å². The van der Waals surface area contributed by atoms with Gasteiger partial charge < -0.3 is 0 Å². The van der Waals surface area contributed by atoms with Crippen LogP contribution in [0.5, 0.6) is 0 Å². The topological polar surface area (TPSA) is 64.8 Å². The van der Waals surface area contributed by atoms with E-state index in [1.165, 1.54) is 0 Å². The van der Waals surface area contributed by atoms with Crippen LogP contribution in [0.3, 0.4) is 0 Å². The van der Waals surface area contributed by atoms with Crippen molar-refractivity contribution in [3.8, 4) is 0 Å². The molecule has 0 saturated carbocycles. The standard InChI is InChI=1S/C14H16F3N3O2S/c1-8-5-9(2)10(3)11(6-8)7-23(21,22)13-19-18-12(20(13)4)14(15,16)17/h5-6H,7H2,1-4H3. The summed E-state index contributed by atoms with van der Waals surface area (Å²) in [7, 11) is -3.06. The fraction of sp³-hybridized carbons (Fsp3) is 0.429. The van der Waals surface area contributed by atoms with Crippen LogP contribution >= 0.6 is 0 Å². The molecule has 0 aliphatic rings. The van der Waals surface area contributed by atoms with Crippen LogP contribution in [-0.4, -0.2) is 23.2 Å². The Hall–Kier alpha value is -1.90. The first kappa shape index (κ1) is 17.5. The molecule has 0 radical (unpaired) electrons. The molecule has 2 rings (SSSR count). The molecule has 0 unspecified atom stereocenters. The van der Waals surface area contributed by atoms with E-state index >= 15 is 0 Å². The number of sulfone groups is 1. The summed E-state index contributed by atoms with van der Waals surface area (Å²) < 4.78 is 63.5. The van der Waals surface area contributed by atoms with Crippen LogP contribution in [0.15, 0.2) is 17.3 Å². The Morgan fingerprint density at radius 1 is 1.13 bits per heavy atom. The van der Waals surface area contributed by atoms with Gasteiger partial charge in [-0.3, -0.25) is 4.57 Å². The van der Waals surface area contributed by atoms with Gasteiger partial charge in [0, 0.05) is 7.05 Å². The summed E-state index contributed by atoms with van der Waals surface area (Å²) in [5.74, 6) is -1.77. The highest BCUT2D eigenvalue weighted by molar-refractivity contribution is 7.90. The highest BCUT2D eigenvalue weighted by Gasteiger charge is 2.39. The van der Waals surface area contributed by atoms with Crippen LogP contribution in [0.2, 0.25) is 0 Å². The fourth-order valence-electron chi connectivity index (χ4n) is 2.38. The molecule has 0 bridgehead atoms. The van der Waals surface area contributed by atoms with Gasteiger partial charge >= 0.3 is 6.18 Å².